The number of fused-ring (bicyclic) bond motifs is 2. The second-order valence-corrected chi connectivity index (χ2v) is 10.1. The van der Waals surface area contributed by atoms with Crippen LogP contribution in [0.3, 0.4) is 0 Å². The Morgan fingerprint density at radius 3 is 2.83 bits per heavy atom. The number of thiazole rings is 1. The summed E-state index contributed by atoms with van der Waals surface area (Å²) >= 11 is 1.61. The van der Waals surface area contributed by atoms with Gasteiger partial charge in [-0.05, 0) is 36.5 Å². The van der Waals surface area contributed by atoms with Crippen molar-refractivity contribution >= 4 is 27.4 Å². The van der Waals surface area contributed by atoms with Crippen molar-refractivity contribution in [3.63, 3.8) is 0 Å². The van der Waals surface area contributed by atoms with Gasteiger partial charge in [0.05, 0.1) is 12.1 Å². The summed E-state index contributed by atoms with van der Waals surface area (Å²) in [5.74, 6) is 0.317. The Morgan fingerprint density at radius 1 is 1.20 bits per heavy atom. The summed E-state index contributed by atoms with van der Waals surface area (Å²) in [4.78, 5) is 23.4. The molecule has 0 spiro atoms. The zero-order valence-corrected chi connectivity index (χ0v) is 20.3. The van der Waals surface area contributed by atoms with Gasteiger partial charge in [0.25, 0.3) is 5.56 Å². The first-order valence-corrected chi connectivity index (χ1v) is 12.7. The van der Waals surface area contributed by atoms with E-state index in [-0.39, 0.29) is 6.54 Å². The minimum atomic E-state index is -4.54. The molecule has 0 aliphatic carbocycles. The molecule has 1 aromatic carbocycles. The normalized spacial score (nSPS) is 14.9. The zero-order chi connectivity index (χ0) is 24.6. The predicted molar refractivity (Wildman–Crippen MR) is 133 cm³/mol. The SMILES string of the molecule is CCCCC(Cc1c[nH]c2ccccc12)c1cnc(N2CCn3c(cc(C(F)(F)F)cc3=O)C2)s1. The summed E-state index contributed by atoms with van der Waals surface area (Å²) in [5, 5.41) is 2.02. The molecule has 1 aliphatic rings. The lowest BCUT2D eigenvalue weighted by molar-refractivity contribution is -0.137. The highest BCUT2D eigenvalue weighted by Crippen LogP contribution is 2.36. The highest BCUT2D eigenvalue weighted by atomic mass is 32.1. The van der Waals surface area contributed by atoms with Crippen molar-refractivity contribution in [2.45, 2.75) is 57.8 Å². The molecule has 184 valence electrons. The van der Waals surface area contributed by atoms with Crippen LogP contribution in [-0.2, 0) is 25.7 Å². The molecule has 4 aromatic rings. The first-order valence-electron chi connectivity index (χ1n) is 11.9. The van der Waals surface area contributed by atoms with Crippen LogP contribution in [0.2, 0.25) is 0 Å². The largest absolute Gasteiger partial charge is 0.416 e. The van der Waals surface area contributed by atoms with Crippen molar-refractivity contribution in [3.8, 4) is 0 Å². The number of aromatic amines is 1. The molecule has 3 aromatic heterocycles. The van der Waals surface area contributed by atoms with Crippen molar-refractivity contribution in [2.75, 3.05) is 11.4 Å². The third-order valence-corrected chi connectivity index (χ3v) is 7.94. The second-order valence-electron chi connectivity index (χ2n) is 9.09. The molecule has 0 fully saturated rings. The highest BCUT2D eigenvalue weighted by molar-refractivity contribution is 7.15. The van der Waals surface area contributed by atoms with Crippen molar-refractivity contribution in [1.82, 2.24) is 14.5 Å². The average Bonchev–Trinajstić information content (AvgIpc) is 3.48. The van der Waals surface area contributed by atoms with Gasteiger partial charge in [0, 0.05) is 53.0 Å². The number of benzene rings is 1. The van der Waals surface area contributed by atoms with Crippen LogP contribution in [0.25, 0.3) is 10.9 Å². The van der Waals surface area contributed by atoms with Gasteiger partial charge in [-0.25, -0.2) is 4.98 Å². The van der Waals surface area contributed by atoms with E-state index in [1.165, 1.54) is 20.4 Å². The third kappa shape index (κ3) is 4.87. The number of nitrogens with one attached hydrogen (secondary N) is 1. The molecule has 4 heterocycles. The molecule has 0 bridgehead atoms. The summed E-state index contributed by atoms with van der Waals surface area (Å²) in [5.41, 5.74) is 1.28. The van der Waals surface area contributed by atoms with Crippen LogP contribution in [0.1, 0.15) is 53.8 Å². The molecule has 5 rings (SSSR count). The molecule has 0 saturated heterocycles. The second kappa shape index (κ2) is 9.53. The molecule has 0 saturated carbocycles. The third-order valence-electron chi connectivity index (χ3n) is 6.72. The van der Waals surface area contributed by atoms with Crippen molar-refractivity contribution < 1.29 is 13.2 Å². The first-order chi connectivity index (χ1) is 16.8. The van der Waals surface area contributed by atoms with E-state index in [0.29, 0.717) is 30.8 Å². The van der Waals surface area contributed by atoms with E-state index in [4.69, 9.17) is 0 Å². The van der Waals surface area contributed by atoms with Crippen LogP contribution in [0.15, 0.2) is 53.6 Å². The van der Waals surface area contributed by atoms with Crippen molar-refractivity contribution in [1.29, 1.82) is 0 Å². The molecule has 1 aliphatic heterocycles. The molecule has 35 heavy (non-hydrogen) atoms. The van der Waals surface area contributed by atoms with Gasteiger partial charge in [-0.15, -0.1) is 11.3 Å². The maximum Gasteiger partial charge on any atom is 0.416 e. The number of rotatable bonds is 7. The topological polar surface area (TPSA) is 53.9 Å². The quantitative estimate of drug-likeness (QED) is 0.322. The number of halogens is 3. The maximum absolute atomic E-state index is 13.2. The Hall–Kier alpha value is -3.07. The first kappa shape index (κ1) is 23.7. The number of pyridine rings is 1. The van der Waals surface area contributed by atoms with Gasteiger partial charge < -0.3 is 14.5 Å². The van der Waals surface area contributed by atoms with E-state index in [2.05, 4.69) is 41.3 Å². The summed E-state index contributed by atoms with van der Waals surface area (Å²) in [6.07, 6.45) is 3.63. The van der Waals surface area contributed by atoms with Crippen LogP contribution in [0, 0.1) is 0 Å². The zero-order valence-electron chi connectivity index (χ0n) is 19.4. The van der Waals surface area contributed by atoms with E-state index < -0.39 is 17.3 Å². The maximum atomic E-state index is 13.2. The van der Waals surface area contributed by atoms with E-state index in [0.717, 1.165) is 42.4 Å². The van der Waals surface area contributed by atoms with E-state index in [9.17, 15) is 18.0 Å². The number of aromatic nitrogens is 3. The standard InChI is InChI=1S/C26H27F3N4OS/c1-2-3-6-17(11-18-14-30-22-8-5-4-7-21(18)22)23-15-31-25(35-23)32-9-10-33-20(16-32)12-19(13-24(33)34)26(27,28)29/h4-5,7-8,12-15,17,30H,2-3,6,9-11,16H2,1H3. The molecule has 0 amide bonds. The van der Waals surface area contributed by atoms with Crippen molar-refractivity contribution in [3.05, 3.63) is 80.8 Å². The van der Waals surface area contributed by atoms with Crippen molar-refractivity contribution in [2.24, 2.45) is 0 Å². The van der Waals surface area contributed by atoms with E-state index in [1.54, 1.807) is 11.3 Å². The van der Waals surface area contributed by atoms with Gasteiger partial charge in [-0.3, -0.25) is 4.79 Å². The summed E-state index contributed by atoms with van der Waals surface area (Å²) in [7, 11) is 0. The molecule has 0 radical (unpaired) electrons. The average molecular weight is 501 g/mol. The molecular formula is C26H27F3N4OS. The van der Waals surface area contributed by atoms with Crippen LogP contribution >= 0.6 is 11.3 Å². The van der Waals surface area contributed by atoms with Crippen LogP contribution < -0.4 is 10.5 Å². The molecule has 9 heteroatoms. The lowest BCUT2D eigenvalue weighted by atomic mass is 9.93. The number of unbranched alkanes of at least 4 members (excludes halogenated alkanes) is 1. The molecular weight excluding hydrogens is 473 g/mol. The smallest absolute Gasteiger partial charge is 0.361 e. The number of hydrogen-bond acceptors (Lipinski definition) is 4. The summed E-state index contributed by atoms with van der Waals surface area (Å²) < 4.78 is 41.1. The minimum Gasteiger partial charge on any atom is -0.361 e. The number of hydrogen-bond donors (Lipinski definition) is 1. The minimum absolute atomic E-state index is 0.230. The number of nitrogens with zero attached hydrogens (tertiary/aromatic N) is 3. The number of para-hydroxylation sites is 1. The Kier molecular flexibility index (Phi) is 6.44. The fraction of sp³-hybridized carbons (Fsp3) is 0.385. The van der Waals surface area contributed by atoms with Gasteiger partial charge in [-0.2, -0.15) is 13.2 Å². The molecule has 1 N–H and O–H groups in total. The number of H-pyrrole nitrogens is 1. The fourth-order valence-corrected chi connectivity index (χ4v) is 5.91. The number of anilines is 1. The van der Waals surface area contributed by atoms with E-state index in [1.807, 2.05) is 17.2 Å². The summed E-state index contributed by atoms with van der Waals surface area (Å²) in [6, 6.07) is 10.1. The highest BCUT2D eigenvalue weighted by Gasteiger charge is 2.33. The van der Waals surface area contributed by atoms with Crippen LogP contribution in [-0.4, -0.2) is 21.1 Å². The Balaban J connectivity index is 1.39. The Bertz CT molecular complexity index is 1390. The lowest BCUT2D eigenvalue weighted by Crippen LogP contribution is -2.39. The van der Waals surface area contributed by atoms with Crippen LogP contribution in [0.5, 0.6) is 0 Å². The Morgan fingerprint density at radius 2 is 2.03 bits per heavy atom. The van der Waals surface area contributed by atoms with Gasteiger partial charge in [-0.1, -0.05) is 38.0 Å². The Labute approximate surface area is 205 Å². The monoisotopic (exact) mass is 500 g/mol. The van der Waals surface area contributed by atoms with Gasteiger partial charge in [0.1, 0.15) is 0 Å². The molecule has 1 unspecified atom stereocenters. The van der Waals surface area contributed by atoms with E-state index >= 15 is 0 Å². The van der Waals surface area contributed by atoms with Gasteiger partial charge >= 0.3 is 6.18 Å². The van der Waals surface area contributed by atoms with Gasteiger partial charge in [0.15, 0.2) is 5.13 Å². The van der Waals surface area contributed by atoms with Gasteiger partial charge in [0.2, 0.25) is 0 Å². The number of alkyl halides is 3. The summed E-state index contributed by atoms with van der Waals surface area (Å²) in [6.45, 7) is 3.29. The fourth-order valence-electron chi connectivity index (χ4n) is 4.83. The molecule has 5 nitrogen and oxygen atoms in total. The predicted octanol–water partition coefficient (Wildman–Crippen LogP) is 6.34. The molecule has 1 atom stereocenters. The van der Waals surface area contributed by atoms with Crippen LogP contribution in [0.4, 0.5) is 18.3 Å². The lowest BCUT2D eigenvalue weighted by Gasteiger charge is -2.30.